The second kappa shape index (κ2) is 6.67. The fourth-order valence-electron chi connectivity index (χ4n) is 3.19. The summed E-state index contributed by atoms with van der Waals surface area (Å²) >= 11 is 1.23. The first-order valence-electron chi connectivity index (χ1n) is 8.70. The number of rotatable bonds is 5. The number of thiophene rings is 1. The highest BCUT2D eigenvalue weighted by Crippen LogP contribution is 2.51. The quantitative estimate of drug-likeness (QED) is 0.790. The minimum Gasteiger partial charge on any atom is -0.349 e. The zero-order chi connectivity index (χ0) is 19.2. The molecular formula is C19H17F3N2O2S. The lowest BCUT2D eigenvalue weighted by Crippen LogP contribution is -2.26. The number of amides is 2. The summed E-state index contributed by atoms with van der Waals surface area (Å²) in [5, 5.41) is 7.73. The molecule has 142 valence electrons. The van der Waals surface area contributed by atoms with Crippen LogP contribution in [0, 0.1) is 5.92 Å². The first-order chi connectivity index (χ1) is 12.8. The fraction of sp³-hybridized carbons (Fsp3) is 0.368. The molecule has 0 unspecified atom stereocenters. The second-order valence-electron chi connectivity index (χ2n) is 6.93. The maximum absolute atomic E-state index is 13.2. The SMILES string of the molecule is O=C(NC1CC1)c1ccsc1NC(=O)[C@H]1C[C@@H]1c1ccccc1C(F)(F)F. The third kappa shape index (κ3) is 3.85. The zero-order valence-electron chi connectivity index (χ0n) is 14.2. The van der Waals surface area contributed by atoms with Gasteiger partial charge in [-0.3, -0.25) is 9.59 Å². The summed E-state index contributed by atoms with van der Waals surface area (Å²) in [4.78, 5) is 24.7. The molecule has 0 radical (unpaired) electrons. The number of halogens is 3. The third-order valence-electron chi connectivity index (χ3n) is 4.85. The summed E-state index contributed by atoms with van der Waals surface area (Å²) in [6.45, 7) is 0. The van der Waals surface area contributed by atoms with Crippen LogP contribution in [0.15, 0.2) is 35.7 Å². The topological polar surface area (TPSA) is 58.2 Å². The first kappa shape index (κ1) is 18.0. The van der Waals surface area contributed by atoms with E-state index in [0.29, 0.717) is 17.0 Å². The minimum atomic E-state index is -4.44. The van der Waals surface area contributed by atoms with E-state index in [0.717, 1.165) is 18.9 Å². The number of anilines is 1. The van der Waals surface area contributed by atoms with Crippen LogP contribution in [0.1, 0.15) is 46.7 Å². The molecule has 2 fully saturated rings. The van der Waals surface area contributed by atoms with E-state index in [1.807, 2.05) is 0 Å². The third-order valence-corrected chi connectivity index (χ3v) is 5.68. The van der Waals surface area contributed by atoms with E-state index in [1.54, 1.807) is 17.5 Å². The van der Waals surface area contributed by atoms with Gasteiger partial charge in [0.25, 0.3) is 5.91 Å². The Balaban J connectivity index is 1.45. The predicted molar refractivity (Wildman–Crippen MR) is 95.7 cm³/mol. The Morgan fingerprint density at radius 3 is 2.56 bits per heavy atom. The van der Waals surface area contributed by atoms with Gasteiger partial charge in [-0.2, -0.15) is 13.2 Å². The molecule has 2 aliphatic rings. The van der Waals surface area contributed by atoms with Crippen LogP contribution in [0.5, 0.6) is 0 Å². The molecule has 2 aromatic rings. The van der Waals surface area contributed by atoms with Crippen LogP contribution in [0.3, 0.4) is 0 Å². The molecule has 8 heteroatoms. The average Bonchev–Trinajstić information content (AvgIpc) is 3.53. The fourth-order valence-corrected chi connectivity index (χ4v) is 3.97. The highest BCUT2D eigenvalue weighted by molar-refractivity contribution is 7.14. The van der Waals surface area contributed by atoms with E-state index in [4.69, 9.17) is 0 Å². The van der Waals surface area contributed by atoms with Crippen molar-refractivity contribution < 1.29 is 22.8 Å². The van der Waals surface area contributed by atoms with Gasteiger partial charge in [0.1, 0.15) is 5.00 Å². The van der Waals surface area contributed by atoms with Crippen molar-refractivity contribution in [3.8, 4) is 0 Å². The van der Waals surface area contributed by atoms with Gasteiger partial charge in [-0.25, -0.2) is 0 Å². The van der Waals surface area contributed by atoms with Gasteiger partial charge >= 0.3 is 6.18 Å². The van der Waals surface area contributed by atoms with E-state index in [-0.39, 0.29) is 23.4 Å². The molecule has 27 heavy (non-hydrogen) atoms. The Morgan fingerprint density at radius 2 is 1.85 bits per heavy atom. The molecule has 2 saturated carbocycles. The van der Waals surface area contributed by atoms with Crippen LogP contribution in [0.2, 0.25) is 0 Å². The Labute approximate surface area is 157 Å². The Hall–Kier alpha value is -2.35. The van der Waals surface area contributed by atoms with E-state index in [9.17, 15) is 22.8 Å². The Kier molecular flexibility index (Phi) is 4.46. The van der Waals surface area contributed by atoms with Crippen LogP contribution >= 0.6 is 11.3 Å². The Morgan fingerprint density at radius 1 is 1.11 bits per heavy atom. The van der Waals surface area contributed by atoms with Gasteiger partial charge in [-0.15, -0.1) is 11.3 Å². The molecule has 2 atom stereocenters. The molecular weight excluding hydrogens is 377 g/mol. The van der Waals surface area contributed by atoms with Gasteiger partial charge in [-0.1, -0.05) is 18.2 Å². The zero-order valence-corrected chi connectivity index (χ0v) is 15.0. The first-order valence-corrected chi connectivity index (χ1v) is 9.58. The predicted octanol–water partition coefficient (Wildman–Crippen LogP) is 4.40. The van der Waals surface area contributed by atoms with Crippen molar-refractivity contribution in [2.75, 3.05) is 5.32 Å². The molecule has 0 saturated heterocycles. The molecule has 1 heterocycles. The maximum Gasteiger partial charge on any atom is 0.416 e. The second-order valence-corrected chi connectivity index (χ2v) is 7.85. The molecule has 0 bridgehead atoms. The van der Waals surface area contributed by atoms with Crippen LogP contribution in [-0.2, 0) is 11.0 Å². The van der Waals surface area contributed by atoms with E-state index in [2.05, 4.69) is 10.6 Å². The normalized spacial score (nSPS) is 21.6. The van der Waals surface area contributed by atoms with Gasteiger partial charge in [0.15, 0.2) is 0 Å². The van der Waals surface area contributed by atoms with Crippen molar-refractivity contribution in [1.29, 1.82) is 0 Å². The number of nitrogens with one attached hydrogen (secondary N) is 2. The highest BCUT2D eigenvalue weighted by Gasteiger charge is 2.48. The van der Waals surface area contributed by atoms with Gasteiger partial charge < -0.3 is 10.6 Å². The molecule has 0 aliphatic heterocycles. The van der Waals surface area contributed by atoms with Crippen molar-refractivity contribution >= 4 is 28.2 Å². The van der Waals surface area contributed by atoms with Crippen molar-refractivity contribution in [3.63, 3.8) is 0 Å². The van der Waals surface area contributed by atoms with Crippen molar-refractivity contribution in [2.45, 2.75) is 37.4 Å². The Bertz CT molecular complexity index is 889. The number of carbonyl (C=O) groups is 2. The van der Waals surface area contributed by atoms with Crippen molar-refractivity contribution in [2.24, 2.45) is 5.92 Å². The van der Waals surface area contributed by atoms with Gasteiger partial charge in [0.2, 0.25) is 5.91 Å². The van der Waals surface area contributed by atoms with Crippen LogP contribution < -0.4 is 10.6 Å². The monoisotopic (exact) mass is 394 g/mol. The lowest BCUT2D eigenvalue weighted by molar-refractivity contribution is -0.138. The maximum atomic E-state index is 13.2. The number of alkyl halides is 3. The molecule has 1 aromatic heterocycles. The summed E-state index contributed by atoms with van der Waals surface area (Å²) in [7, 11) is 0. The lowest BCUT2D eigenvalue weighted by Gasteiger charge is -2.12. The molecule has 4 nitrogen and oxygen atoms in total. The van der Waals surface area contributed by atoms with Crippen molar-refractivity contribution in [3.05, 3.63) is 52.4 Å². The largest absolute Gasteiger partial charge is 0.416 e. The molecule has 4 rings (SSSR count). The minimum absolute atomic E-state index is 0.156. The average molecular weight is 394 g/mol. The number of hydrogen-bond donors (Lipinski definition) is 2. The molecule has 2 aliphatic carbocycles. The van der Waals surface area contributed by atoms with E-state index < -0.39 is 23.6 Å². The van der Waals surface area contributed by atoms with Gasteiger partial charge in [0.05, 0.1) is 11.1 Å². The molecule has 2 amide bonds. The highest BCUT2D eigenvalue weighted by atomic mass is 32.1. The number of benzene rings is 1. The number of hydrogen-bond acceptors (Lipinski definition) is 3. The molecule has 2 N–H and O–H groups in total. The van der Waals surface area contributed by atoms with Crippen molar-refractivity contribution in [1.82, 2.24) is 5.32 Å². The van der Waals surface area contributed by atoms with Crippen LogP contribution in [0.25, 0.3) is 0 Å². The van der Waals surface area contributed by atoms with E-state index in [1.165, 1.54) is 23.5 Å². The summed E-state index contributed by atoms with van der Waals surface area (Å²) in [6, 6.07) is 7.22. The summed E-state index contributed by atoms with van der Waals surface area (Å²) in [5.41, 5.74) is -0.137. The van der Waals surface area contributed by atoms with Crippen LogP contribution in [0.4, 0.5) is 18.2 Å². The molecule has 0 spiro atoms. The standard InChI is InChI=1S/C19H17F3N2O2S/c20-19(21,22)15-4-2-1-3-11(15)13-9-14(13)17(26)24-18-12(7-8-27-18)16(25)23-10-5-6-10/h1-4,7-8,10,13-14H,5-6,9H2,(H,23,25)(H,24,26)/t13-,14+/m1/s1. The van der Waals surface area contributed by atoms with Gasteiger partial charge in [0, 0.05) is 12.0 Å². The number of carbonyl (C=O) groups excluding carboxylic acids is 2. The van der Waals surface area contributed by atoms with Crippen LogP contribution in [-0.4, -0.2) is 17.9 Å². The van der Waals surface area contributed by atoms with Gasteiger partial charge in [-0.05, 0) is 48.3 Å². The summed E-state index contributed by atoms with van der Waals surface area (Å²) < 4.78 is 39.5. The van der Waals surface area contributed by atoms with E-state index >= 15 is 0 Å². The lowest BCUT2D eigenvalue weighted by atomic mass is 10.0. The molecule has 1 aromatic carbocycles. The summed E-state index contributed by atoms with van der Waals surface area (Å²) in [5.74, 6) is -1.55. The smallest absolute Gasteiger partial charge is 0.349 e. The summed E-state index contributed by atoms with van der Waals surface area (Å²) in [6.07, 6.45) is -2.16.